The maximum atomic E-state index is 12.3. The van der Waals surface area contributed by atoms with Crippen LogP contribution in [0.4, 0.5) is 0 Å². The van der Waals surface area contributed by atoms with Crippen LogP contribution in [-0.4, -0.2) is 24.3 Å². The van der Waals surface area contributed by atoms with Gasteiger partial charge in [-0.3, -0.25) is 4.79 Å². The maximum Gasteiger partial charge on any atom is 0.233 e. The molecule has 0 saturated heterocycles. The molecule has 1 aliphatic rings. The Balaban J connectivity index is 1.33. The molecule has 0 aromatic heterocycles. The molecule has 0 aliphatic carbocycles. The minimum atomic E-state index is 0.00607. The van der Waals surface area contributed by atoms with Crippen molar-refractivity contribution in [1.82, 2.24) is 5.32 Å². The summed E-state index contributed by atoms with van der Waals surface area (Å²) in [6.45, 7) is 3.36. The van der Waals surface area contributed by atoms with Gasteiger partial charge in [-0.25, -0.2) is 0 Å². The number of carbonyl (C=O) groups is 1. The van der Waals surface area contributed by atoms with Crippen LogP contribution in [0.25, 0.3) is 0 Å². The van der Waals surface area contributed by atoms with E-state index in [2.05, 4.69) is 36.5 Å². The highest BCUT2D eigenvalue weighted by Gasteiger charge is 2.27. The van der Waals surface area contributed by atoms with Crippen LogP contribution in [0.1, 0.15) is 30.6 Å². The predicted octanol–water partition coefficient (Wildman–Crippen LogP) is 3.99. The molecular weight excluding hydrogens is 318 g/mol. The third-order valence-electron chi connectivity index (χ3n) is 4.20. The van der Waals surface area contributed by atoms with E-state index in [-0.39, 0.29) is 17.3 Å². The Kier molecular flexibility index (Phi) is 5.94. The van der Waals surface area contributed by atoms with Crippen LogP contribution in [0.2, 0.25) is 0 Å². The first-order valence-corrected chi connectivity index (χ1v) is 9.31. The largest absolute Gasteiger partial charge is 0.374 e. The summed E-state index contributed by atoms with van der Waals surface area (Å²) in [5.41, 5.74) is 2.46. The van der Waals surface area contributed by atoms with Crippen LogP contribution >= 0.6 is 11.8 Å². The van der Waals surface area contributed by atoms with E-state index in [1.54, 1.807) is 11.8 Å². The van der Waals surface area contributed by atoms with Gasteiger partial charge in [-0.2, -0.15) is 0 Å². The fourth-order valence-corrected chi connectivity index (χ4v) is 4.03. The Labute approximate surface area is 147 Å². The van der Waals surface area contributed by atoms with E-state index < -0.39 is 0 Å². The topological polar surface area (TPSA) is 38.3 Å². The van der Waals surface area contributed by atoms with Gasteiger partial charge in [0.15, 0.2) is 0 Å². The first-order chi connectivity index (χ1) is 11.7. The average molecular weight is 341 g/mol. The number of hydrogen-bond acceptors (Lipinski definition) is 3. The van der Waals surface area contributed by atoms with Gasteiger partial charge < -0.3 is 10.1 Å². The van der Waals surface area contributed by atoms with Crippen LogP contribution in [0.5, 0.6) is 0 Å². The molecule has 0 bridgehead atoms. The lowest BCUT2D eigenvalue weighted by molar-refractivity contribution is -0.120. The van der Waals surface area contributed by atoms with Crippen molar-refractivity contribution in [1.29, 1.82) is 0 Å². The predicted molar refractivity (Wildman–Crippen MR) is 98.2 cm³/mol. The van der Waals surface area contributed by atoms with Gasteiger partial charge in [-0.1, -0.05) is 48.5 Å². The second-order valence-corrected chi connectivity index (χ2v) is 7.23. The SMILES string of the molecule is C[C@H](OCCCNC(=O)[C@H]1Cc2ccccc2S1)c1ccccc1. The Bertz CT molecular complexity index is 649. The number of ether oxygens (including phenoxy) is 1. The number of rotatable bonds is 7. The molecule has 24 heavy (non-hydrogen) atoms. The van der Waals surface area contributed by atoms with Crippen molar-refractivity contribution < 1.29 is 9.53 Å². The normalized spacial score (nSPS) is 17.3. The number of fused-ring (bicyclic) bond motifs is 1. The van der Waals surface area contributed by atoms with E-state index in [1.165, 1.54) is 16.0 Å². The van der Waals surface area contributed by atoms with Gasteiger partial charge in [0.2, 0.25) is 5.91 Å². The zero-order chi connectivity index (χ0) is 16.8. The molecule has 0 radical (unpaired) electrons. The van der Waals surface area contributed by atoms with Crippen molar-refractivity contribution in [3.63, 3.8) is 0 Å². The highest BCUT2D eigenvalue weighted by molar-refractivity contribution is 8.01. The van der Waals surface area contributed by atoms with Gasteiger partial charge in [0.1, 0.15) is 0 Å². The monoisotopic (exact) mass is 341 g/mol. The van der Waals surface area contributed by atoms with E-state index in [4.69, 9.17) is 4.74 Å². The molecule has 0 fully saturated rings. The van der Waals surface area contributed by atoms with Crippen LogP contribution in [0.15, 0.2) is 59.5 Å². The van der Waals surface area contributed by atoms with Crippen molar-refractivity contribution in [3.05, 3.63) is 65.7 Å². The average Bonchev–Trinajstić information content (AvgIpc) is 3.06. The Morgan fingerprint density at radius 1 is 1.21 bits per heavy atom. The van der Waals surface area contributed by atoms with E-state index in [0.717, 1.165) is 12.8 Å². The van der Waals surface area contributed by atoms with Crippen molar-refractivity contribution in [2.45, 2.75) is 36.0 Å². The summed E-state index contributed by atoms with van der Waals surface area (Å²) in [7, 11) is 0. The van der Waals surface area contributed by atoms with Gasteiger partial charge in [-0.15, -0.1) is 11.8 Å². The van der Waals surface area contributed by atoms with Crippen molar-refractivity contribution >= 4 is 17.7 Å². The van der Waals surface area contributed by atoms with Gasteiger partial charge in [0.25, 0.3) is 0 Å². The standard InChI is InChI=1S/C20H23NO2S/c1-15(16-8-3-2-4-9-16)23-13-7-12-21-20(22)19-14-17-10-5-6-11-18(17)24-19/h2-6,8-11,15,19H,7,12-14H2,1H3,(H,21,22)/t15-,19+/m0/s1. The number of benzene rings is 2. The Hall–Kier alpha value is -1.78. The molecule has 3 nitrogen and oxygen atoms in total. The molecule has 0 saturated carbocycles. The summed E-state index contributed by atoms with van der Waals surface area (Å²) in [6, 6.07) is 18.4. The summed E-state index contributed by atoms with van der Waals surface area (Å²) in [4.78, 5) is 13.5. The zero-order valence-electron chi connectivity index (χ0n) is 13.9. The van der Waals surface area contributed by atoms with Gasteiger partial charge in [0.05, 0.1) is 11.4 Å². The summed E-state index contributed by atoms with van der Waals surface area (Å²) in [6.07, 6.45) is 1.74. The fraction of sp³-hybridized carbons (Fsp3) is 0.350. The second-order valence-electron chi connectivity index (χ2n) is 5.99. The third kappa shape index (κ3) is 4.40. The lowest BCUT2D eigenvalue weighted by atomic mass is 10.1. The highest BCUT2D eigenvalue weighted by atomic mass is 32.2. The number of nitrogens with one attached hydrogen (secondary N) is 1. The maximum absolute atomic E-state index is 12.3. The Morgan fingerprint density at radius 3 is 2.75 bits per heavy atom. The quantitative estimate of drug-likeness (QED) is 0.774. The molecule has 0 spiro atoms. The van der Waals surface area contributed by atoms with Crippen molar-refractivity contribution in [3.8, 4) is 0 Å². The molecular formula is C20H23NO2S. The lowest BCUT2D eigenvalue weighted by Gasteiger charge is -2.14. The fourth-order valence-electron chi connectivity index (χ4n) is 2.81. The molecule has 3 rings (SSSR count). The summed E-state index contributed by atoms with van der Waals surface area (Å²) in [5, 5.41) is 3.04. The summed E-state index contributed by atoms with van der Waals surface area (Å²) in [5.74, 6) is 0.132. The van der Waals surface area contributed by atoms with Crippen LogP contribution in [0, 0.1) is 0 Å². The molecule has 1 N–H and O–H groups in total. The third-order valence-corrected chi connectivity index (χ3v) is 5.51. The van der Waals surface area contributed by atoms with Gasteiger partial charge in [-0.05, 0) is 37.0 Å². The van der Waals surface area contributed by atoms with Crippen molar-refractivity contribution in [2.24, 2.45) is 0 Å². The smallest absolute Gasteiger partial charge is 0.233 e. The molecule has 1 aliphatic heterocycles. The first-order valence-electron chi connectivity index (χ1n) is 8.43. The number of thioether (sulfide) groups is 1. The van der Waals surface area contributed by atoms with Crippen molar-refractivity contribution in [2.75, 3.05) is 13.2 Å². The van der Waals surface area contributed by atoms with Crippen LogP contribution in [0.3, 0.4) is 0 Å². The van der Waals surface area contributed by atoms with Gasteiger partial charge >= 0.3 is 0 Å². The summed E-state index contributed by atoms with van der Waals surface area (Å²) >= 11 is 1.67. The first kappa shape index (κ1) is 17.1. The zero-order valence-corrected chi connectivity index (χ0v) is 14.7. The molecule has 2 atom stereocenters. The number of hydrogen-bond donors (Lipinski definition) is 1. The van der Waals surface area contributed by atoms with E-state index in [9.17, 15) is 4.79 Å². The van der Waals surface area contributed by atoms with E-state index >= 15 is 0 Å². The molecule has 126 valence electrons. The highest BCUT2D eigenvalue weighted by Crippen LogP contribution is 2.36. The summed E-state index contributed by atoms with van der Waals surface area (Å²) < 4.78 is 5.83. The molecule has 0 unspecified atom stereocenters. The molecule has 2 aromatic carbocycles. The minimum Gasteiger partial charge on any atom is -0.374 e. The molecule has 2 aromatic rings. The Morgan fingerprint density at radius 2 is 1.96 bits per heavy atom. The van der Waals surface area contributed by atoms with Crippen LogP contribution in [-0.2, 0) is 16.0 Å². The van der Waals surface area contributed by atoms with Crippen LogP contribution < -0.4 is 5.32 Å². The lowest BCUT2D eigenvalue weighted by Crippen LogP contribution is -2.33. The molecule has 1 heterocycles. The minimum absolute atomic E-state index is 0.00607. The second kappa shape index (κ2) is 8.36. The number of carbonyl (C=O) groups excluding carboxylic acids is 1. The van der Waals surface area contributed by atoms with Gasteiger partial charge in [0, 0.05) is 18.0 Å². The van der Waals surface area contributed by atoms with E-state index in [1.807, 2.05) is 30.3 Å². The number of amides is 1. The van der Waals surface area contributed by atoms with E-state index in [0.29, 0.717) is 13.2 Å². The molecule has 1 amide bonds. The molecule has 4 heteroatoms.